The van der Waals surface area contributed by atoms with E-state index in [0.29, 0.717) is 0 Å². The van der Waals surface area contributed by atoms with Crippen LogP contribution in [0.1, 0.15) is 5.69 Å². The van der Waals surface area contributed by atoms with E-state index in [1.807, 2.05) is 6.92 Å². The lowest BCUT2D eigenvalue weighted by Crippen LogP contribution is -1.95. The number of nitrogens with two attached hydrogens (primary N) is 1. The average Bonchev–Trinajstić information content (AvgIpc) is 1.93. The highest BCUT2D eigenvalue weighted by atomic mass is 127. The molecule has 0 amide bonds. The lowest BCUT2D eigenvalue weighted by atomic mass is 10.3. The number of aromatic nitrogens is 1. The van der Waals surface area contributed by atoms with Gasteiger partial charge in [0.2, 0.25) is 0 Å². The first-order valence-corrected chi connectivity index (χ1v) is 4.56. The molecule has 2 N–H and O–H groups in total. The molecule has 0 radical (unpaired) electrons. The molecular weight excluding hydrogens is 307 g/mol. The van der Waals surface area contributed by atoms with Gasteiger partial charge in [-0.05, 0) is 45.4 Å². The molecule has 1 aromatic rings. The number of hydrogen-bond acceptors (Lipinski definition) is 2. The molecule has 0 aliphatic heterocycles. The van der Waals surface area contributed by atoms with E-state index in [0.717, 1.165) is 19.4 Å². The van der Waals surface area contributed by atoms with Crippen LogP contribution in [-0.4, -0.2) is 4.98 Å². The van der Waals surface area contributed by atoms with Gasteiger partial charge in [-0.15, -0.1) is 0 Å². The maximum atomic E-state index is 5.69. The second kappa shape index (κ2) is 3.04. The molecule has 0 spiro atoms. The summed E-state index contributed by atoms with van der Waals surface area (Å²) in [5.74, 6) is 0. The van der Waals surface area contributed by atoms with Gasteiger partial charge in [0, 0.05) is 6.20 Å². The van der Waals surface area contributed by atoms with Crippen LogP contribution in [-0.2, 0) is 0 Å². The minimum Gasteiger partial charge on any atom is -0.397 e. The first kappa shape index (κ1) is 8.26. The molecule has 0 aliphatic rings. The van der Waals surface area contributed by atoms with Gasteiger partial charge >= 0.3 is 0 Å². The monoisotopic (exact) mass is 312 g/mol. The number of rotatable bonds is 0. The van der Waals surface area contributed by atoms with Crippen LogP contribution in [0.2, 0.25) is 0 Å². The first-order chi connectivity index (χ1) is 4.63. The van der Waals surface area contributed by atoms with Gasteiger partial charge in [-0.1, -0.05) is 0 Å². The van der Waals surface area contributed by atoms with Crippen molar-refractivity contribution in [2.24, 2.45) is 0 Å². The van der Waals surface area contributed by atoms with Gasteiger partial charge in [-0.2, -0.15) is 0 Å². The van der Waals surface area contributed by atoms with Crippen LogP contribution >= 0.6 is 38.5 Å². The standard InChI is InChI=1S/C6H6BrIN2/c1-3-5(8)6(9)4(7)2-10-3/h2H,1H3,(H2,9,10). The maximum Gasteiger partial charge on any atom is 0.0628 e. The van der Waals surface area contributed by atoms with E-state index in [9.17, 15) is 0 Å². The molecule has 0 atom stereocenters. The lowest BCUT2D eigenvalue weighted by Gasteiger charge is -2.02. The van der Waals surface area contributed by atoms with Crippen LogP contribution in [0, 0.1) is 10.5 Å². The Morgan fingerprint density at radius 2 is 2.30 bits per heavy atom. The van der Waals surface area contributed by atoms with Gasteiger partial charge in [-0.25, -0.2) is 0 Å². The summed E-state index contributed by atoms with van der Waals surface area (Å²) < 4.78 is 1.88. The Morgan fingerprint density at radius 3 is 2.80 bits per heavy atom. The van der Waals surface area contributed by atoms with E-state index in [1.54, 1.807) is 6.20 Å². The van der Waals surface area contributed by atoms with Crippen molar-refractivity contribution in [1.82, 2.24) is 4.98 Å². The third-order valence-corrected chi connectivity index (χ3v) is 3.18. The Kier molecular flexibility index (Phi) is 2.51. The second-order valence-corrected chi connectivity index (χ2v) is 3.85. The van der Waals surface area contributed by atoms with Crippen molar-refractivity contribution < 1.29 is 0 Å². The van der Waals surface area contributed by atoms with E-state index in [-0.39, 0.29) is 0 Å². The molecule has 1 heterocycles. The molecule has 1 rings (SSSR count). The summed E-state index contributed by atoms with van der Waals surface area (Å²) in [7, 11) is 0. The van der Waals surface area contributed by atoms with Crippen molar-refractivity contribution in [3.05, 3.63) is 19.9 Å². The minimum absolute atomic E-state index is 0.771. The Bertz CT molecular complexity index is 235. The van der Waals surface area contributed by atoms with Gasteiger partial charge in [0.15, 0.2) is 0 Å². The summed E-state index contributed by atoms with van der Waals surface area (Å²) >= 11 is 5.46. The normalized spacial score (nSPS) is 9.90. The van der Waals surface area contributed by atoms with Gasteiger partial charge in [0.1, 0.15) is 0 Å². The van der Waals surface area contributed by atoms with Crippen molar-refractivity contribution in [3.63, 3.8) is 0 Å². The molecule has 0 bridgehead atoms. The van der Waals surface area contributed by atoms with Crippen LogP contribution < -0.4 is 5.73 Å². The lowest BCUT2D eigenvalue weighted by molar-refractivity contribution is 1.17. The predicted octanol–water partition coefficient (Wildman–Crippen LogP) is 2.34. The molecule has 0 fully saturated rings. The molecule has 0 unspecified atom stereocenters. The van der Waals surface area contributed by atoms with Crippen LogP contribution in [0.4, 0.5) is 5.69 Å². The largest absolute Gasteiger partial charge is 0.397 e. The van der Waals surface area contributed by atoms with E-state index in [1.165, 1.54) is 0 Å². The molecule has 2 nitrogen and oxygen atoms in total. The summed E-state index contributed by atoms with van der Waals surface area (Å²) in [5, 5.41) is 0. The van der Waals surface area contributed by atoms with E-state index >= 15 is 0 Å². The molecule has 0 saturated carbocycles. The second-order valence-electron chi connectivity index (χ2n) is 1.92. The molecule has 0 aromatic carbocycles. The Morgan fingerprint density at radius 1 is 1.70 bits per heavy atom. The predicted molar refractivity (Wildman–Crippen MR) is 53.8 cm³/mol. The molecule has 0 aliphatic carbocycles. The molecular formula is C6H6BrIN2. The highest BCUT2D eigenvalue weighted by Crippen LogP contribution is 2.25. The number of hydrogen-bond donors (Lipinski definition) is 1. The zero-order valence-corrected chi connectivity index (χ0v) is 9.10. The fourth-order valence-corrected chi connectivity index (χ4v) is 1.68. The minimum atomic E-state index is 0.771. The smallest absolute Gasteiger partial charge is 0.0628 e. The van der Waals surface area contributed by atoms with E-state index in [4.69, 9.17) is 5.73 Å². The molecule has 10 heavy (non-hydrogen) atoms. The number of aryl methyl sites for hydroxylation is 1. The average molecular weight is 313 g/mol. The fourth-order valence-electron chi connectivity index (χ4n) is 0.579. The molecule has 1 aromatic heterocycles. The SMILES string of the molecule is Cc1ncc(Br)c(N)c1I. The van der Waals surface area contributed by atoms with Gasteiger partial charge in [0.25, 0.3) is 0 Å². The highest BCUT2D eigenvalue weighted by Gasteiger charge is 2.02. The van der Waals surface area contributed by atoms with Gasteiger partial charge < -0.3 is 5.73 Å². The number of halogens is 2. The van der Waals surface area contributed by atoms with Gasteiger partial charge in [0.05, 0.1) is 19.4 Å². The third-order valence-electron chi connectivity index (χ3n) is 1.18. The third kappa shape index (κ3) is 1.42. The number of pyridine rings is 1. The maximum absolute atomic E-state index is 5.69. The van der Waals surface area contributed by atoms with Crippen LogP contribution in [0.5, 0.6) is 0 Å². The van der Waals surface area contributed by atoms with Crippen LogP contribution in [0.3, 0.4) is 0 Å². The summed E-state index contributed by atoms with van der Waals surface area (Å²) in [6, 6.07) is 0. The van der Waals surface area contributed by atoms with Crippen LogP contribution in [0.15, 0.2) is 10.7 Å². The quantitative estimate of drug-likeness (QED) is 0.747. The van der Waals surface area contributed by atoms with Crippen LogP contribution in [0.25, 0.3) is 0 Å². The van der Waals surface area contributed by atoms with Crippen molar-refractivity contribution >= 4 is 44.2 Å². The Hall–Kier alpha value is 0.160. The van der Waals surface area contributed by atoms with E-state index < -0.39 is 0 Å². The van der Waals surface area contributed by atoms with Crippen molar-refractivity contribution in [2.45, 2.75) is 6.92 Å². The fraction of sp³-hybridized carbons (Fsp3) is 0.167. The topological polar surface area (TPSA) is 38.9 Å². The summed E-state index contributed by atoms with van der Waals surface area (Å²) in [4.78, 5) is 4.10. The molecule has 0 saturated heterocycles. The Balaban J connectivity index is 3.34. The van der Waals surface area contributed by atoms with Gasteiger partial charge in [-0.3, -0.25) is 4.98 Å². The molecule has 4 heteroatoms. The zero-order valence-electron chi connectivity index (χ0n) is 5.36. The number of anilines is 1. The summed E-state index contributed by atoms with van der Waals surface area (Å²) in [6.07, 6.45) is 1.72. The first-order valence-electron chi connectivity index (χ1n) is 2.69. The van der Waals surface area contributed by atoms with Crippen molar-refractivity contribution in [3.8, 4) is 0 Å². The zero-order chi connectivity index (χ0) is 7.72. The van der Waals surface area contributed by atoms with E-state index in [2.05, 4.69) is 43.5 Å². The summed E-state index contributed by atoms with van der Waals surface area (Å²) in [6.45, 7) is 1.94. The van der Waals surface area contributed by atoms with Crippen molar-refractivity contribution in [2.75, 3.05) is 5.73 Å². The Labute approximate surface area is 81.5 Å². The summed E-state index contributed by atoms with van der Waals surface area (Å²) in [5.41, 5.74) is 7.43. The molecule has 54 valence electrons. The number of nitrogen functional groups attached to an aromatic ring is 1. The van der Waals surface area contributed by atoms with Crippen molar-refractivity contribution in [1.29, 1.82) is 0 Å². The number of nitrogens with zero attached hydrogens (tertiary/aromatic N) is 1. The highest BCUT2D eigenvalue weighted by molar-refractivity contribution is 14.1.